The van der Waals surface area contributed by atoms with Gasteiger partial charge in [-0.25, -0.2) is 19.0 Å². The normalized spacial score (nSPS) is 14.0. The quantitative estimate of drug-likeness (QED) is 0.689. The molecule has 4 amide bonds. The first-order valence-corrected chi connectivity index (χ1v) is 10.7. The molecular formula is C22H25ClFN5O4. The average Bonchev–Trinajstić information content (AvgIpc) is 2.75. The highest BCUT2D eigenvalue weighted by Crippen LogP contribution is 2.20. The van der Waals surface area contributed by atoms with Crippen LogP contribution in [0.15, 0.2) is 36.5 Å². The fraction of sp³-hybridized carbons (Fsp3) is 0.364. The van der Waals surface area contributed by atoms with Crippen molar-refractivity contribution in [1.82, 2.24) is 14.8 Å². The van der Waals surface area contributed by atoms with E-state index in [1.165, 1.54) is 28.1 Å². The topological polar surface area (TPSA) is 104 Å². The smallest absolute Gasteiger partial charge is 0.410 e. The Balaban J connectivity index is 1.64. The fourth-order valence-corrected chi connectivity index (χ4v) is 3.17. The molecule has 1 aromatic carbocycles. The molecule has 9 nitrogen and oxygen atoms in total. The van der Waals surface area contributed by atoms with Gasteiger partial charge in [0, 0.05) is 32.4 Å². The number of hydrogen-bond donors (Lipinski definition) is 2. The van der Waals surface area contributed by atoms with Crippen LogP contribution in [0.3, 0.4) is 0 Å². The molecule has 2 aromatic rings. The van der Waals surface area contributed by atoms with Crippen molar-refractivity contribution in [2.75, 3.05) is 36.8 Å². The fourth-order valence-electron chi connectivity index (χ4n) is 3.06. The first-order chi connectivity index (χ1) is 15.5. The number of benzene rings is 1. The zero-order valence-corrected chi connectivity index (χ0v) is 19.3. The van der Waals surface area contributed by atoms with Crippen molar-refractivity contribution in [3.05, 3.63) is 52.9 Å². The van der Waals surface area contributed by atoms with Gasteiger partial charge in [-0.1, -0.05) is 11.6 Å². The molecule has 1 aliphatic rings. The zero-order chi connectivity index (χ0) is 24.2. The van der Waals surface area contributed by atoms with Crippen LogP contribution in [-0.2, 0) is 4.74 Å². The maximum absolute atomic E-state index is 13.8. The van der Waals surface area contributed by atoms with Crippen LogP contribution in [0.2, 0.25) is 5.02 Å². The van der Waals surface area contributed by atoms with Gasteiger partial charge in [-0.05, 0) is 51.1 Å². The van der Waals surface area contributed by atoms with E-state index in [0.717, 1.165) is 12.1 Å². The lowest BCUT2D eigenvalue weighted by Crippen LogP contribution is -2.52. The van der Waals surface area contributed by atoms with E-state index in [1.807, 2.05) is 0 Å². The molecule has 3 rings (SSSR count). The Morgan fingerprint density at radius 3 is 2.30 bits per heavy atom. The Morgan fingerprint density at radius 1 is 1.03 bits per heavy atom. The molecule has 2 N–H and O–H groups in total. The number of amides is 4. The lowest BCUT2D eigenvalue weighted by molar-refractivity contribution is 0.0174. The van der Waals surface area contributed by atoms with Crippen LogP contribution in [-0.4, -0.2) is 64.6 Å². The number of halogens is 2. The van der Waals surface area contributed by atoms with Crippen LogP contribution < -0.4 is 10.6 Å². The van der Waals surface area contributed by atoms with Crippen molar-refractivity contribution in [2.24, 2.45) is 0 Å². The van der Waals surface area contributed by atoms with Crippen LogP contribution in [0.4, 0.5) is 25.5 Å². The van der Waals surface area contributed by atoms with E-state index in [1.54, 1.807) is 26.8 Å². The molecule has 1 fully saturated rings. The van der Waals surface area contributed by atoms with Gasteiger partial charge in [0.25, 0.3) is 5.91 Å². The monoisotopic (exact) mass is 477 g/mol. The summed E-state index contributed by atoms with van der Waals surface area (Å²) in [6.45, 7) is 6.53. The van der Waals surface area contributed by atoms with Gasteiger partial charge in [0.15, 0.2) is 0 Å². The molecule has 0 bridgehead atoms. The number of anilines is 2. The van der Waals surface area contributed by atoms with Gasteiger partial charge in [0.2, 0.25) is 0 Å². The third-order valence-corrected chi connectivity index (χ3v) is 4.88. The van der Waals surface area contributed by atoms with Gasteiger partial charge in [0.1, 0.15) is 17.2 Å². The number of ether oxygens (including phenoxy) is 1. The van der Waals surface area contributed by atoms with Gasteiger partial charge >= 0.3 is 12.1 Å². The van der Waals surface area contributed by atoms with Crippen molar-refractivity contribution in [3.63, 3.8) is 0 Å². The van der Waals surface area contributed by atoms with E-state index < -0.39 is 29.4 Å². The predicted octanol–water partition coefficient (Wildman–Crippen LogP) is 4.21. The van der Waals surface area contributed by atoms with Crippen LogP contribution >= 0.6 is 11.6 Å². The largest absolute Gasteiger partial charge is 0.444 e. The Kier molecular flexibility index (Phi) is 7.37. The third kappa shape index (κ3) is 6.79. The molecule has 1 aromatic heterocycles. The van der Waals surface area contributed by atoms with E-state index in [-0.39, 0.29) is 30.2 Å². The highest BCUT2D eigenvalue weighted by atomic mass is 35.5. The van der Waals surface area contributed by atoms with E-state index >= 15 is 0 Å². The molecule has 1 saturated heterocycles. The second-order valence-corrected chi connectivity index (χ2v) is 8.83. The van der Waals surface area contributed by atoms with Crippen LogP contribution in [0.25, 0.3) is 0 Å². The summed E-state index contributed by atoms with van der Waals surface area (Å²) in [5, 5.41) is 5.59. The number of pyridine rings is 1. The first kappa shape index (κ1) is 24.2. The Bertz CT molecular complexity index is 1030. The molecule has 0 radical (unpaired) electrons. The SMILES string of the molecule is CC(C)(C)OC(=O)N1CCN(C(=O)Nc2ccc(F)cc2C(=O)Nc2ccc(Cl)cn2)CC1. The summed E-state index contributed by atoms with van der Waals surface area (Å²) in [6.07, 6.45) is 0.929. The Hall–Kier alpha value is -3.40. The molecule has 1 aliphatic heterocycles. The van der Waals surface area contributed by atoms with Crippen molar-refractivity contribution in [3.8, 4) is 0 Å². The molecular weight excluding hydrogens is 453 g/mol. The minimum absolute atomic E-state index is 0.0625. The zero-order valence-electron chi connectivity index (χ0n) is 18.5. The van der Waals surface area contributed by atoms with Gasteiger partial charge in [-0.15, -0.1) is 0 Å². The van der Waals surface area contributed by atoms with Gasteiger partial charge < -0.3 is 25.2 Å². The summed E-state index contributed by atoms with van der Waals surface area (Å²) in [5.74, 6) is -1.05. The molecule has 176 valence electrons. The Morgan fingerprint density at radius 2 is 1.70 bits per heavy atom. The molecule has 0 spiro atoms. The second kappa shape index (κ2) is 10.0. The minimum atomic E-state index is -0.644. The highest BCUT2D eigenvalue weighted by molar-refractivity contribution is 6.30. The number of rotatable bonds is 3. The highest BCUT2D eigenvalue weighted by Gasteiger charge is 2.28. The summed E-state index contributed by atoms with van der Waals surface area (Å²) < 4.78 is 19.2. The lowest BCUT2D eigenvalue weighted by Gasteiger charge is -2.35. The van der Waals surface area contributed by atoms with Crippen LogP contribution in [0.5, 0.6) is 0 Å². The van der Waals surface area contributed by atoms with E-state index in [0.29, 0.717) is 18.1 Å². The molecule has 2 heterocycles. The van der Waals surface area contributed by atoms with Gasteiger partial charge in [-0.3, -0.25) is 4.79 Å². The summed E-state index contributed by atoms with van der Waals surface area (Å²) in [5.41, 5.74) is -0.526. The predicted molar refractivity (Wildman–Crippen MR) is 122 cm³/mol. The molecule has 0 atom stereocenters. The number of hydrogen-bond acceptors (Lipinski definition) is 5. The molecule has 11 heteroatoms. The van der Waals surface area contributed by atoms with Crippen molar-refractivity contribution < 1.29 is 23.5 Å². The van der Waals surface area contributed by atoms with E-state index in [4.69, 9.17) is 16.3 Å². The maximum atomic E-state index is 13.8. The van der Waals surface area contributed by atoms with Gasteiger partial charge in [-0.2, -0.15) is 0 Å². The number of urea groups is 1. The lowest BCUT2D eigenvalue weighted by atomic mass is 10.1. The second-order valence-electron chi connectivity index (χ2n) is 8.39. The molecule has 33 heavy (non-hydrogen) atoms. The average molecular weight is 478 g/mol. The van der Waals surface area contributed by atoms with Crippen LogP contribution in [0.1, 0.15) is 31.1 Å². The third-order valence-electron chi connectivity index (χ3n) is 4.66. The molecule has 0 aliphatic carbocycles. The van der Waals surface area contributed by atoms with Crippen molar-refractivity contribution in [2.45, 2.75) is 26.4 Å². The van der Waals surface area contributed by atoms with E-state index in [2.05, 4.69) is 15.6 Å². The van der Waals surface area contributed by atoms with Crippen molar-refractivity contribution >= 4 is 41.1 Å². The molecule has 0 unspecified atom stereocenters. The number of nitrogens with zero attached hydrogens (tertiary/aromatic N) is 3. The maximum Gasteiger partial charge on any atom is 0.410 e. The number of carbonyl (C=O) groups excluding carboxylic acids is 3. The number of aromatic nitrogens is 1. The first-order valence-electron chi connectivity index (χ1n) is 10.3. The Labute approximate surface area is 195 Å². The standard InChI is InChI=1S/C22H25ClFN5O4/c1-22(2,3)33-21(32)29-10-8-28(9-11-29)20(31)26-17-6-5-15(24)12-16(17)19(30)27-18-7-4-14(23)13-25-18/h4-7,12-13H,8-11H2,1-3H3,(H,26,31)(H,25,27,30). The summed E-state index contributed by atoms with van der Waals surface area (Å²) in [6, 6.07) is 6.07. The van der Waals surface area contributed by atoms with Crippen LogP contribution in [0, 0.1) is 5.82 Å². The number of nitrogens with one attached hydrogen (secondary N) is 2. The van der Waals surface area contributed by atoms with Gasteiger partial charge in [0.05, 0.1) is 16.3 Å². The number of carbonyl (C=O) groups is 3. The molecule has 0 saturated carbocycles. The van der Waals surface area contributed by atoms with E-state index in [9.17, 15) is 18.8 Å². The summed E-state index contributed by atoms with van der Waals surface area (Å²) in [7, 11) is 0. The number of piperazine rings is 1. The van der Waals surface area contributed by atoms with Crippen molar-refractivity contribution in [1.29, 1.82) is 0 Å². The summed E-state index contributed by atoms with van der Waals surface area (Å²) in [4.78, 5) is 44.7. The summed E-state index contributed by atoms with van der Waals surface area (Å²) >= 11 is 5.79. The minimum Gasteiger partial charge on any atom is -0.444 e.